The molecule has 1 aromatic carbocycles. The number of nitriles is 1. The Bertz CT molecular complexity index is 408. The predicted molar refractivity (Wildman–Crippen MR) is 57.4 cm³/mol. The monoisotopic (exact) mass is 220 g/mol. The van der Waals surface area contributed by atoms with Crippen molar-refractivity contribution in [3.8, 4) is 11.8 Å². The topological polar surface area (TPSA) is 45.0 Å². The van der Waals surface area contributed by atoms with E-state index in [1.165, 1.54) is 6.07 Å². The summed E-state index contributed by atoms with van der Waals surface area (Å²) in [6.45, 7) is 0.893. The van der Waals surface area contributed by atoms with Crippen LogP contribution >= 0.6 is 0 Å². The van der Waals surface area contributed by atoms with Crippen molar-refractivity contribution in [2.45, 2.75) is 25.5 Å². The van der Waals surface area contributed by atoms with Gasteiger partial charge in [-0.1, -0.05) is 6.07 Å². The molecule has 0 radical (unpaired) electrons. The molecule has 84 valence electrons. The van der Waals surface area contributed by atoms with Crippen LogP contribution in [0.15, 0.2) is 18.2 Å². The second-order valence-electron chi connectivity index (χ2n) is 3.79. The summed E-state index contributed by atoms with van der Waals surface area (Å²) >= 11 is 0. The molecule has 16 heavy (non-hydrogen) atoms. The average molecular weight is 220 g/mol. The van der Waals surface area contributed by atoms with E-state index in [0.717, 1.165) is 25.8 Å². The van der Waals surface area contributed by atoms with Crippen LogP contribution in [0.4, 0.5) is 4.39 Å². The number of benzene rings is 1. The molecule has 1 fully saturated rings. The first kappa shape index (κ1) is 10.9. The number of piperidine rings is 1. The van der Waals surface area contributed by atoms with Crippen LogP contribution in [0.3, 0.4) is 0 Å². The minimum atomic E-state index is -0.572. The Labute approximate surface area is 93.8 Å². The summed E-state index contributed by atoms with van der Waals surface area (Å²) < 4.78 is 19.1. The highest BCUT2D eigenvalue weighted by atomic mass is 19.1. The zero-order valence-electron chi connectivity index (χ0n) is 8.87. The largest absolute Gasteiger partial charge is 0.472 e. The lowest BCUT2D eigenvalue weighted by Crippen LogP contribution is -2.38. The van der Waals surface area contributed by atoms with Crippen LogP contribution in [-0.2, 0) is 0 Å². The van der Waals surface area contributed by atoms with Gasteiger partial charge in [0, 0.05) is 0 Å². The smallest absolute Gasteiger partial charge is 0.182 e. The molecule has 1 heterocycles. The first-order valence-corrected chi connectivity index (χ1v) is 5.40. The lowest BCUT2D eigenvalue weighted by molar-refractivity contribution is 0.127. The Hall–Kier alpha value is -1.60. The molecule has 1 aliphatic heterocycles. The van der Waals surface area contributed by atoms with Crippen molar-refractivity contribution < 1.29 is 9.13 Å². The zero-order valence-corrected chi connectivity index (χ0v) is 8.87. The number of ether oxygens (including phenoxy) is 1. The molecule has 0 bridgehead atoms. The number of hydrogen-bond acceptors (Lipinski definition) is 3. The fourth-order valence-corrected chi connectivity index (χ4v) is 1.76. The number of nitrogens with one attached hydrogen (secondary N) is 1. The molecular weight excluding hydrogens is 207 g/mol. The summed E-state index contributed by atoms with van der Waals surface area (Å²) in [5.41, 5.74) is 0.0216. The van der Waals surface area contributed by atoms with Gasteiger partial charge in [0.15, 0.2) is 11.6 Å². The lowest BCUT2D eigenvalue weighted by atomic mass is 10.1. The Morgan fingerprint density at radius 1 is 1.44 bits per heavy atom. The maximum atomic E-state index is 13.7. The summed E-state index contributed by atoms with van der Waals surface area (Å²) in [7, 11) is 0. The van der Waals surface area contributed by atoms with Crippen LogP contribution < -0.4 is 10.1 Å². The highest BCUT2D eigenvalue weighted by Gasteiger charge is 2.16. The van der Waals surface area contributed by atoms with Crippen molar-refractivity contribution in [1.82, 2.24) is 5.32 Å². The molecular formula is C12H13FN2O. The van der Waals surface area contributed by atoms with Crippen LogP contribution in [0.2, 0.25) is 0 Å². The van der Waals surface area contributed by atoms with Gasteiger partial charge in [-0.2, -0.15) is 5.26 Å². The lowest BCUT2D eigenvalue weighted by Gasteiger charge is -2.24. The van der Waals surface area contributed by atoms with Crippen molar-refractivity contribution >= 4 is 0 Å². The van der Waals surface area contributed by atoms with Gasteiger partial charge in [0.05, 0.1) is 5.56 Å². The van der Waals surface area contributed by atoms with Crippen molar-refractivity contribution in [3.63, 3.8) is 0 Å². The maximum Gasteiger partial charge on any atom is 0.182 e. The highest BCUT2D eigenvalue weighted by Crippen LogP contribution is 2.22. The molecule has 1 saturated heterocycles. The molecule has 0 amide bonds. The van der Waals surface area contributed by atoms with E-state index in [4.69, 9.17) is 10.00 Å². The van der Waals surface area contributed by atoms with E-state index in [1.54, 1.807) is 18.2 Å². The Kier molecular flexibility index (Phi) is 3.37. The first-order chi connectivity index (χ1) is 7.81. The third kappa shape index (κ3) is 2.31. The quantitative estimate of drug-likeness (QED) is 0.830. The van der Waals surface area contributed by atoms with Gasteiger partial charge in [-0.15, -0.1) is 0 Å². The van der Waals surface area contributed by atoms with Gasteiger partial charge in [0.2, 0.25) is 0 Å². The SMILES string of the molecule is N#Cc1cccc(OC2CCCCN2)c1F. The Balaban J connectivity index is 2.12. The fourth-order valence-electron chi connectivity index (χ4n) is 1.76. The molecule has 3 nitrogen and oxygen atoms in total. The molecule has 2 rings (SSSR count). The minimum absolute atomic E-state index is 0.0216. The van der Waals surface area contributed by atoms with Crippen LogP contribution in [0.5, 0.6) is 5.75 Å². The first-order valence-electron chi connectivity index (χ1n) is 5.40. The molecule has 1 unspecified atom stereocenters. The summed E-state index contributed by atoms with van der Waals surface area (Å²) in [6, 6.07) is 6.41. The summed E-state index contributed by atoms with van der Waals surface area (Å²) in [5.74, 6) is -0.421. The molecule has 1 N–H and O–H groups in total. The minimum Gasteiger partial charge on any atom is -0.472 e. The van der Waals surface area contributed by atoms with E-state index in [1.807, 2.05) is 0 Å². The zero-order chi connectivity index (χ0) is 11.4. The van der Waals surface area contributed by atoms with E-state index < -0.39 is 5.82 Å². The Morgan fingerprint density at radius 3 is 3.00 bits per heavy atom. The number of halogens is 1. The van der Waals surface area contributed by atoms with Gasteiger partial charge in [-0.05, 0) is 37.9 Å². The third-order valence-electron chi connectivity index (χ3n) is 2.62. The molecule has 0 saturated carbocycles. The van der Waals surface area contributed by atoms with Gasteiger partial charge in [0.25, 0.3) is 0 Å². The number of nitrogens with zero attached hydrogens (tertiary/aromatic N) is 1. The van der Waals surface area contributed by atoms with Crippen molar-refractivity contribution in [1.29, 1.82) is 5.26 Å². The fraction of sp³-hybridized carbons (Fsp3) is 0.417. The van der Waals surface area contributed by atoms with Crippen LogP contribution in [0, 0.1) is 17.1 Å². The summed E-state index contributed by atoms with van der Waals surface area (Å²) in [4.78, 5) is 0. The summed E-state index contributed by atoms with van der Waals surface area (Å²) in [6.07, 6.45) is 2.94. The van der Waals surface area contributed by atoms with Gasteiger partial charge in [-0.25, -0.2) is 4.39 Å². The van der Waals surface area contributed by atoms with Crippen molar-refractivity contribution in [2.24, 2.45) is 0 Å². The normalized spacial score (nSPS) is 20.1. The van der Waals surface area contributed by atoms with E-state index >= 15 is 0 Å². The second-order valence-corrected chi connectivity index (χ2v) is 3.79. The van der Waals surface area contributed by atoms with Crippen LogP contribution in [0.25, 0.3) is 0 Å². The van der Waals surface area contributed by atoms with E-state index in [9.17, 15) is 4.39 Å². The van der Waals surface area contributed by atoms with Gasteiger partial charge >= 0.3 is 0 Å². The van der Waals surface area contributed by atoms with Gasteiger partial charge < -0.3 is 4.74 Å². The summed E-state index contributed by atoms with van der Waals surface area (Å²) in [5, 5.41) is 11.8. The molecule has 4 heteroatoms. The standard InChI is InChI=1S/C12H13FN2O/c13-12-9(8-14)4-3-5-10(12)16-11-6-1-2-7-15-11/h3-5,11,15H,1-2,6-7H2. The maximum absolute atomic E-state index is 13.7. The second kappa shape index (κ2) is 4.95. The average Bonchev–Trinajstić information content (AvgIpc) is 2.33. The molecule has 1 aromatic rings. The predicted octanol–water partition coefficient (Wildman–Crippen LogP) is 2.18. The molecule has 1 aliphatic rings. The van der Waals surface area contributed by atoms with Crippen LogP contribution in [-0.4, -0.2) is 12.8 Å². The number of rotatable bonds is 2. The molecule has 0 aromatic heterocycles. The van der Waals surface area contributed by atoms with Crippen LogP contribution in [0.1, 0.15) is 24.8 Å². The third-order valence-corrected chi connectivity index (χ3v) is 2.62. The molecule has 1 atom stereocenters. The van der Waals surface area contributed by atoms with E-state index in [0.29, 0.717) is 0 Å². The highest BCUT2D eigenvalue weighted by molar-refractivity contribution is 5.38. The van der Waals surface area contributed by atoms with Gasteiger partial charge in [0.1, 0.15) is 12.3 Å². The Morgan fingerprint density at radius 2 is 2.31 bits per heavy atom. The molecule has 0 aliphatic carbocycles. The van der Waals surface area contributed by atoms with Crippen molar-refractivity contribution in [2.75, 3.05) is 6.54 Å². The molecule has 0 spiro atoms. The van der Waals surface area contributed by atoms with Gasteiger partial charge in [-0.3, -0.25) is 5.32 Å². The number of hydrogen-bond donors (Lipinski definition) is 1. The van der Waals surface area contributed by atoms with E-state index in [2.05, 4.69) is 5.32 Å². The van der Waals surface area contributed by atoms with Crippen molar-refractivity contribution in [3.05, 3.63) is 29.6 Å². The van der Waals surface area contributed by atoms with E-state index in [-0.39, 0.29) is 17.5 Å².